The Kier molecular flexibility index (Phi) is 4.20. The first-order valence-electron chi connectivity index (χ1n) is 8.57. The van der Waals surface area contributed by atoms with Gasteiger partial charge in [0.15, 0.2) is 0 Å². The molecule has 0 spiro atoms. The molecule has 0 radical (unpaired) electrons. The van der Waals surface area contributed by atoms with Gasteiger partial charge in [0.25, 0.3) is 0 Å². The maximum absolute atomic E-state index is 5.66. The van der Waals surface area contributed by atoms with E-state index in [0.717, 1.165) is 25.8 Å². The minimum atomic E-state index is 0.0569. The van der Waals surface area contributed by atoms with Crippen molar-refractivity contribution >= 4 is 11.8 Å². The fraction of sp³-hybridized carbons (Fsp3) is 0.429. The zero-order chi connectivity index (χ0) is 16.6. The van der Waals surface area contributed by atoms with E-state index < -0.39 is 0 Å². The van der Waals surface area contributed by atoms with E-state index >= 15 is 0 Å². The highest BCUT2D eigenvalue weighted by atomic mass is 15.1. The van der Waals surface area contributed by atoms with Gasteiger partial charge in [-0.3, -0.25) is 0 Å². The van der Waals surface area contributed by atoms with E-state index in [9.17, 15) is 0 Å². The van der Waals surface area contributed by atoms with Gasteiger partial charge in [-0.2, -0.15) is 0 Å². The van der Waals surface area contributed by atoms with Crippen molar-refractivity contribution in [3.05, 3.63) is 58.2 Å². The number of anilines is 1. The first-order valence-corrected chi connectivity index (χ1v) is 8.57. The average Bonchev–Trinajstić information content (AvgIpc) is 2.52. The molecular formula is C21H28N2. The van der Waals surface area contributed by atoms with Crippen LogP contribution in [-0.4, -0.2) is 20.6 Å². The zero-order valence-corrected chi connectivity index (χ0v) is 14.8. The van der Waals surface area contributed by atoms with Crippen molar-refractivity contribution in [1.29, 1.82) is 0 Å². The molecule has 1 aromatic rings. The highest BCUT2D eigenvalue weighted by Gasteiger charge is 2.34. The third-order valence-electron chi connectivity index (χ3n) is 5.15. The van der Waals surface area contributed by atoms with E-state index in [0.29, 0.717) is 0 Å². The second kappa shape index (κ2) is 6.01. The molecule has 23 heavy (non-hydrogen) atoms. The van der Waals surface area contributed by atoms with E-state index in [1.54, 1.807) is 0 Å². The van der Waals surface area contributed by atoms with Crippen molar-refractivity contribution in [2.45, 2.75) is 38.5 Å². The Morgan fingerprint density at radius 3 is 2.65 bits per heavy atom. The molecule has 2 aliphatic rings. The summed E-state index contributed by atoms with van der Waals surface area (Å²) >= 11 is 0. The second-order valence-electron chi connectivity index (χ2n) is 7.41. The maximum Gasteiger partial charge on any atom is 0.0364 e. The van der Waals surface area contributed by atoms with Crippen molar-refractivity contribution in [2.75, 3.05) is 25.5 Å². The lowest BCUT2D eigenvalue weighted by Gasteiger charge is -2.37. The number of allylic oxidation sites excluding steroid dienone is 5. The lowest BCUT2D eigenvalue weighted by atomic mass is 9.67. The van der Waals surface area contributed by atoms with Gasteiger partial charge in [0, 0.05) is 25.2 Å². The van der Waals surface area contributed by atoms with E-state index in [1.807, 2.05) is 0 Å². The number of rotatable bonds is 4. The quantitative estimate of drug-likeness (QED) is 0.892. The first kappa shape index (κ1) is 16.1. The third kappa shape index (κ3) is 2.88. The molecule has 2 aliphatic carbocycles. The smallest absolute Gasteiger partial charge is 0.0364 e. The largest absolute Gasteiger partial charge is 0.378 e. The van der Waals surface area contributed by atoms with E-state index in [-0.39, 0.29) is 5.41 Å². The van der Waals surface area contributed by atoms with Crippen molar-refractivity contribution in [3.8, 4) is 0 Å². The van der Waals surface area contributed by atoms with Crippen molar-refractivity contribution in [2.24, 2.45) is 5.73 Å². The van der Waals surface area contributed by atoms with Gasteiger partial charge in [0.1, 0.15) is 0 Å². The van der Waals surface area contributed by atoms with Gasteiger partial charge in [0.2, 0.25) is 0 Å². The Hall–Kier alpha value is -1.80. The molecular weight excluding hydrogens is 280 g/mol. The van der Waals surface area contributed by atoms with Crippen LogP contribution >= 0.6 is 0 Å². The number of hydrogen-bond acceptors (Lipinski definition) is 2. The predicted octanol–water partition coefficient (Wildman–Crippen LogP) is 4.42. The van der Waals surface area contributed by atoms with Gasteiger partial charge in [-0.05, 0) is 66.3 Å². The molecule has 3 rings (SSSR count). The molecule has 0 aromatic heterocycles. The summed E-state index contributed by atoms with van der Waals surface area (Å²) in [5, 5.41) is 0. The monoisotopic (exact) mass is 308 g/mol. The average molecular weight is 308 g/mol. The lowest BCUT2D eigenvalue weighted by molar-refractivity contribution is 0.620. The SMILES string of the molecule is CN(C)c1ccc2c(c1)C(C)(C)C1=CCC(CCCN)=CC1=C2. The topological polar surface area (TPSA) is 29.3 Å². The summed E-state index contributed by atoms with van der Waals surface area (Å²) < 4.78 is 0. The molecule has 0 aliphatic heterocycles. The number of fused-ring (bicyclic) bond motifs is 2. The normalized spacial score (nSPS) is 18.4. The molecule has 0 unspecified atom stereocenters. The lowest BCUT2D eigenvalue weighted by Crippen LogP contribution is -2.27. The van der Waals surface area contributed by atoms with Crippen LogP contribution in [0.1, 0.15) is 44.2 Å². The van der Waals surface area contributed by atoms with Crippen LogP contribution < -0.4 is 10.6 Å². The fourth-order valence-corrected chi connectivity index (χ4v) is 3.75. The van der Waals surface area contributed by atoms with Gasteiger partial charge < -0.3 is 10.6 Å². The van der Waals surface area contributed by atoms with Crippen molar-refractivity contribution < 1.29 is 0 Å². The third-order valence-corrected chi connectivity index (χ3v) is 5.15. The van der Waals surface area contributed by atoms with Gasteiger partial charge >= 0.3 is 0 Å². The summed E-state index contributed by atoms with van der Waals surface area (Å²) in [7, 11) is 4.20. The zero-order valence-electron chi connectivity index (χ0n) is 14.8. The van der Waals surface area contributed by atoms with Crippen molar-refractivity contribution in [1.82, 2.24) is 0 Å². The number of benzene rings is 1. The van der Waals surface area contributed by atoms with Crippen LogP contribution in [0.5, 0.6) is 0 Å². The van der Waals surface area contributed by atoms with Gasteiger partial charge in [-0.15, -0.1) is 0 Å². The number of nitrogens with zero attached hydrogens (tertiary/aromatic N) is 1. The molecule has 0 saturated heterocycles. The Morgan fingerprint density at radius 2 is 1.96 bits per heavy atom. The van der Waals surface area contributed by atoms with Gasteiger partial charge in [-0.1, -0.05) is 37.6 Å². The molecule has 2 heteroatoms. The van der Waals surface area contributed by atoms with Crippen LogP contribution in [0.2, 0.25) is 0 Å². The van der Waals surface area contributed by atoms with Crippen molar-refractivity contribution in [3.63, 3.8) is 0 Å². The van der Waals surface area contributed by atoms with E-state index in [1.165, 1.54) is 33.5 Å². The minimum Gasteiger partial charge on any atom is -0.378 e. The molecule has 0 saturated carbocycles. The predicted molar refractivity (Wildman–Crippen MR) is 101 cm³/mol. The molecule has 0 fully saturated rings. The highest BCUT2D eigenvalue weighted by molar-refractivity contribution is 5.76. The Labute approximate surface area is 140 Å². The van der Waals surface area contributed by atoms with E-state index in [4.69, 9.17) is 5.73 Å². The molecule has 2 nitrogen and oxygen atoms in total. The standard InChI is InChI=1S/C21H28N2/c1-21(2)19-10-7-15(6-5-11-22)12-17(19)13-16-8-9-18(23(3)4)14-20(16)21/h8-10,12-14H,5-7,11,22H2,1-4H3. The van der Waals surface area contributed by atoms with Crippen LogP contribution in [0, 0.1) is 0 Å². The Balaban J connectivity index is 2.04. The maximum atomic E-state index is 5.66. The summed E-state index contributed by atoms with van der Waals surface area (Å²) in [5.74, 6) is 0. The first-order chi connectivity index (χ1) is 10.9. The molecule has 0 amide bonds. The van der Waals surface area contributed by atoms with Crippen LogP contribution in [0.15, 0.2) is 47.1 Å². The number of hydrogen-bond donors (Lipinski definition) is 1. The molecule has 0 bridgehead atoms. The molecule has 2 N–H and O–H groups in total. The summed E-state index contributed by atoms with van der Waals surface area (Å²) in [6.07, 6.45) is 10.4. The summed E-state index contributed by atoms with van der Waals surface area (Å²) in [6.45, 7) is 5.47. The van der Waals surface area contributed by atoms with Gasteiger partial charge in [0.05, 0.1) is 0 Å². The van der Waals surface area contributed by atoms with Crippen LogP contribution in [0.3, 0.4) is 0 Å². The molecule has 0 heterocycles. The Morgan fingerprint density at radius 1 is 1.17 bits per heavy atom. The van der Waals surface area contributed by atoms with Crippen LogP contribution in [0.4, 0.5) is 5.69 Å². The van der Waals surface area contributed by atoms with Gasteiger partial charge in [-0.25, -0.2) is 0 Å². The number of nitrogens with two attached hydrogens (primary N) is 1. The highest BCUT2D eigenvalue weighted by Crippen LogP contribution is 2.46. The molecule has 1 aromatic carbocycles. The molecule has 122 valence electrons. The fourth-order valence-electron chi connectivity index (χ4n) is 3.75. The minimum absolute atomic E-state index is 0.0569. The van der Waals surface area contributed by atoms with Crippen LogP contribution in [0.25, 0.3) is 6.08 Å². The summed E-state index contributed by atoms with van der Waals surface area (Å²) in [5.41, 5.74) is 14.1. The van der Waals surface area contributed by atoms with Crippen LogP contribution in [-0.2, 0) is 5.41 Å². The summed E-state index contributed by atoms with van der Waals surface area (Å²) in [6, 6.07) is 6.82. The summed E-state index contributed by atoms with van der Waals surface area (Å²) in [4.78, 5) is 2.18. The second-order valence-corrected chi connectivity index (χ2v) is 7.41. The molecule has 0 atom stereocenters. The van der Waals surface area contributed by atoms with E-state index in [2.05, 4.69) is 69.3 Å². The Bertz CT molecular complexity index is 703.